The standard InChI is InChI=1S/C12H17F2N5O/c1-16-12(20)9-4-2-3-5-19(9)11-8(14)6-7(13)10(17-11)18-15/h6,9H,2-5,15H2,1H3,(H,16,20)(H,17,18). The molecule has 1 saturated heterocycles. The van der Waals surface area contributed by atoms with E-state index in [1.54, 1.807) is 4.90 Å². The number of amides is 1. The second-order valence-corrected chi connectivity index (χ2v) is 4.59. The molecule has 0 spiro atoms. The second-order valence-electron chi connectivity index (χ2n) is 4.59. The van der Waals surface area contributed by atoms with Gasteiger partial charge >= 0.3 is 0 Å². The zero-order chi connectivity index (χ0) is 14.7. The Bertz CT molecular complexity index is 511. The van der Waals surface area contributed by atoms with Crippen LogP contribution in [0, 0.1) is 11.6 Å². The number of nitrogens with zero attached hydrogens (tertiary/aromatic N) is 2. The molecule has 110 valence electrons. The zero-order valence-corrected chi connectivity index (χ0v) is 11.1. The number of hydrazine groups is 1. The van der Waals surface area contributed by atoms with Gasteiger partial charge in [-0.3, -0.25) is 4.79 Å². The maximum atomic E-state index is 13.9. The Hall–Kier alpha value is -1.96. The first kappa shape index (κ1) is 14.4. The number of aromatic nitrogens is 1. The normalized spacial score (nSPS) is 18.8. The van der Waals surface area contributed by atoms with Crippen molar-refractivity contribution in [2.24, 2.45) is 5.84 Å². The number of nitrogens with one attached hydrogen (secondary N) is 2. The van der Waals surface area contributed by atoms with Gasteiger partial charge in [0.25, 0.3) is 0 Å². The minimum absolute atomic E-state index is 0.0624. The van der Waals surface area contributed by atoms with Crippen molar-refractivity contribution in [1.29, 1.82) is 0 Å². The number of hydrogen-bond acceptors (Lipinski definition) is 5. The van der Waals surface area contributed by atoms with E-state index in [9.17, 15) is 13.6 Å². The Kier molecular flexibility index (Phi) is 4.33. The van der Waals surface area contributed by atoms with Crippen LogP contribution in [0.2, 0.25) is 0 Å². The van der Waals surface area contributed by atoms with Crippen molar-refractivity contribution in [1.82, 2.24) is 10.3 Å². The van der Waals surface area contributed by atoms with Crippen molar-refractivity contribution in [3.63, 3.8) is 0 Å². The molecular formula is C12H17F2N5O. The second kappa shape index (κ2) is 6.00. The van der Waals surface area contributed by atoms with E-state index < -0.39 is 17.7 Å². The number of anilines is 2. The summed E-state index contributed by atoms with van der Waals surface area (Å²) in [6.07, 6.45) is 2.29. The topological polar surface area (TPSA) is 83.3 Å². The summed E-state index contributed by atoms with van der Waals surface area (Å²) >= 11 is 0. The summed E-state index contributed by atoms with van der Waals surface area (Å²) in [5.74, 6) is 2.95. The van der Waals surface area contributed by atoms with Gasteiger partial charge in [-0.15, -0.1) is 0 Å². The highest BCUT2D eigenvalue weighted by Gasteiger charge is 2.31. The van der Waals surface area contributed by atoms with Gasteiger partial charge in [-0.25, -0.2) is 19.6 Å². The van der Waals surface area contributed by atoms with Gasteiger partial charge in [-0.1, -0.05) is 0 Å². The summed E-state index contributed by atoms with van der Waals surface area (Å²) in [6, 6.07) is 0.208. The van der Waals surface area contributed by atoms with Crippen LogP contribution in [-0.4, -0.2) is 30.5 Å². The molecule has 2 heterocycles. The molecule has 0 bridgehead atoms. The fourth-order valence-electron chi connectivity index (χ4n) is 2.38. The Labute approximate surface area is 115 Å². The summed E-state index contributed by atoms with van der Waals surface area (Å²) in [7, 11) is 1.52. The summed E-state index contributed by atoms with van der Waals surface area (Å²) in [5.41, 5.74) is 2.08. The maximum absolute atomic E-state index is 13.9. The number of nitrogens with two attached hydrogens (primary N) is 1. The van der Waals surface area contributed by atoms with E-state index in [0.29, 0.717) is 19.0 Å². The molecule has 0 aromatic carbocycles. The van der Waals surface area contributed by atoms with Crippen LogP contribution in [0.15, 0.2) is 6.07 Å². The molecule has 1 aromatic rings. The predicted molar refractivity (Wildman–Crippen MR) is 71.0 cm³/mol. The van der Waals surface area contributed by atoms with E-state index in [4.69, 9.17) is 5.84 Å². The summed E-state index contributed by atoms with van der Waals surface area (Å²) in [5, 5.41) is 2.55. The molecule has 0 aliphatic carbocycles. The van der Waals surface area contributed by atoms with Crippen molar-refractivity contribution in [3.8, 4) is 0 Å². The molecule has 0 saturated carbocycles. The van der Waals surface area contributed by atoms with Crippen molar-refractivity contribution >= 4 is 17.5 Å². The van der Waals surface area contributed by atoms with Gasteiger partial charge in [0.1, 0.15) is 6.04 Å². The van der Waals surface area contributed by atoms with Crippen LogP contribution in [0.25, 0.3) is 0 Å². The fourth-order valence-corrected chi connectivity index (χ4v) is 2.38. The Balaban J connectivity index is 2.39. The van der Waals surface area contributed by atoms with Gasteiger partial charge in [0.15, 0.2) is 23.3 Å². The quantitative estimate of drug-likeness (QED) is 0.564. The number of likely N-dealkylation sites (N-methyl/N-ethyl adjacent to an activating group) is 1. The summed E-state index contributed by atoms with van der Waals surface area (Å²) in [4.78, 5) is 17.3. The smallest absolute Gasteiger partial charge is 0.242 e. The molecule has 1 amide bonds. The Morgan fingerprint density at radius 3 is 2.85 bits per heavy atom. The largest absolute Gasteiger partial charge is 0.357 e. The molecule has 6 nitrogen and oxygen atoms in total. The third-order valence-corrected chi connectivity index (χ3v) is 3.37. The predicted octanol–water partition coefficient (Wildman–Crippen LogP) is 0.750. The van der Waals surface area contributed by atoms with E-state index >= 15 is 0 Å². The molecule has 1 aliphatic heterocycles. The number of piperidine rings is 1. The SMILES string of the molecule is CNC(=O)C1CCCCN1c1nc(NN)c(F)cc1F. The average molecular weight is 285 g/mol. The number of nitrogen functional groups attached to an aromatic ring is 1. The molecule has 8 heteroatoms. The van der Waals surface area contributed by atoms with E-state index in [1.165, 1.54) is 7.05 Å². The highest BCUT2D eigenvalue weighted by molar-refractivity contribution is 5.85. The van der Waals surface area contributed by atoms with Gasteiger partial charge in [-0.2, -0.15) is 0 Å². The lowest BCUT2D eigenvalue weighted by atomic mass is 10.0. The lowest BCUT2D eigenvalue weighted by molar-refractivity contribution is -0.122. The first-order valence-electron chi connectivity index (χ1n) is 6.39. The van der Waals surface area contributed by atoms with Crippen molar-refractivity contribution in [2.45, 2.75) is 25.3 Å². The van der Waals surface area contributed by atoms with Crippen LogP contribution in [0.1, 0.15) is 19.3 Å². The molecule has 1 fully saturated rings. The Morgan fingerprint density at radius 1 is 1.45 bits per heavy atom. The third kappa shape index (κ3) is 2.64. The van der Waals surface area contributed by atoms with Crippen LogP contribution >= 0.6 is 0 Å². The van der Waals surface area contributed by atoms with Crippen molar-refractivity contribution in [3.05, 3.63) is 17.7 Å². The van der Waals surface area contributed by atoms with E-state index in [2.05, 4.69) is 15.7 Å². The van der Waals surface area contributed by atoms with E-state index in [1.807, 2.05) is 0 Å². The average Bonchev–Trinajstić information content (AvgIpc) is 2.47. The van der Waals surface area contributed by atoms with Crippen LogP contribution in [0.4, 0.5) is 20.4 Å². The molecule has 0 radical (unpaired) electrons. The minimum atomic E-state index is -0.873. The van der Waals surface area contributed by atoms with Crippen LogP contribution in [0.3, 0.4) is 0 Å². The van der Waals surface area contributed by atoms with Gasteiger partial charge in [0.2, 0.25) is 5.91 Å². The van der Waals surface area contributed by atoms with Crippen LogP contribution in [0.5, 0.6) is 0 Å². The van der Waals surface area contributed by atoms with E-state index in [-0.39, 0.29) is 17.5 Å². The molecule has 1 aliphatic rings. The molecule has 1 unspecified atom stereocenters. The minimum Gasteiger partial charge on any atom is -0.357 e. The summed E-state index contributed by atoms with van der Waals surface area (Å²) < 4.78 is 27.3. The molecule has 4 N–H and O–H groups in total. The number of rotatable bonds is 3. The Morgan fingerprint density at radius 2 is 2.20 bits per heavy atom. The number of carbonyl (C=O) groups excluding carboxylic acids is 1. The molecular weight excluding hydrogens is 268 g/mol. The molecule has 1 aromatic heterocycles. The highest BCUT2D eigenvalue weighted by Crippen LogP contribution is 2.28. The number of halogens is 2. The number of hydrogen-bond donors (Lipinski definition) is 3. The van der Waals surface area contributed by atoms with Gasteiger partial charge in [0.05, 0.1) is 0 Å². The van der Waals surface area contributed by atoms with E-state index in [0.717, 1.165) is 12.8 Å². The maximum Gasteiger partial charge on any atom is 0.242 e. The zero-order valence-electron chi connectivity index (χ0n) is 11.1. The van der Waals surface area contributed by atoms with Gasteiger partial charge < -0.3 is 15.6 Å². The third-order valence-electron chi connectivity index (χ3n) is 3.37. The lowest BCUT2D eigenvalue weighted by Gasteiger charge is -2.35. The van der Waals surface area contributed by atoms with Gasteiger partial charge in [-0.05, 0) is 19.3 Å². The lowest BCUT2D eigenvalue weighted by Crippen LogP contribution is -2.49. The van der Waals surface area contributed by atoms with Crippen LogP contribution < -0.4 is 21.5 Å². The fraction of sp³-hybridized carbons (Fsp3) is 0.500. The highest BCUT2D eigenvalue weighted by atomic mass is 19.1. The van der Waals surface area contributed by atoms with Crippen molar-refractivity contribution < 1.29 is 13.6 Å². The summed E-state index contributed by atoms with van der Waals surface area (Å²) in [6.45, 7) is 0.484. The van der Waals surface area contributed by atoms with Gasteiger partial charge in [0, 0.05) is 19.7 Å². The first-order chi connectivity index (χ1) is 9.58. The first-order valence-corrected chi connectivity index (χ1v) is 6.39. The monoisotopic (exact) mass is 285 g/mol. The number of carbonyl (C=O) groups is 1. The van der Waals surface area contributed by atoms with Crippen LogP contribution in [-0.2, 0) is 4.79 Å². The number of pyridine rings is 1. The molecule has 1 atom stereocenters. The molecule has 20 heavy (non-hydrogen) atoms. The molecule has 2 rings (SSSR count). The van der Waals surface area contributed by atoms with Crippen molar-refractivity contribution in [2.75, 3.05) is 23.9 Å².